The van der Waals surface area contributed by atoms with Gasteiger partial charge in [-0.15, -0.1) is 11.6 Å². The van der Waals surface area contributed by atoms with Gasteiger partial charge >= 0.3 is 0 Å². The van der Waals surface area contributed by atoms with Crippen LogP contribution in [0.15, 0.2) is 0 Å². The number of carbonyl (C=O) groups is 2. The first-order valence-corrected chi connectivity index (χ1v) is 4.83. The van der Waals surface area contributed by atoms with Crippen LogP contribution in [-0.2, 0) is 9.59 Å². The maximum Gasteiger partial charge on any atom is 0.234 e. The van der Waals surface area contributed by atoms with Gasteiger partial charge in [0.25, 0.3) is 0 Å². The van der Waals surface area contributed by atoms with Gasteiger partial charge in [0.15, 0.2) is 0 Å². The van der Waals surface area contributed by atoms with Crippen LogP contribution in [0.2, 0.25) is 0 Å². The summed E-state index contributed by atoms with van der Waals surface area (Å²) >= 11 is 5.24. The first-order valence-electron chi connectivity index (χ1n) is 4.30. The van der Waals surface area contributed by atoms with Gasteiger partial charge in [-0.25, -0.2) is 0 Å². The van der Waals surface area contributed by atoms with Gasteiger partial charge in [0.1, 0.15) is 5.88 Å². The Morgan fingerprint density at radius 2 is 1.77 bits per heavy atom. The van der Waals surface area contributed by atoms with Gasteiger partial charge < -0.3 is 10.6 Å². The van der Waals surface area contributed by atoms with Crippen LogP contribution in [0.5, 0.6) is 0 Å². The minimum atomic E-state index is -0.245. The molecule has 0 atom stereocenters. The highest BCUT2D eigenvalue weighted by Crippen LogP contribution is 1.80. The zero-order chi connectivity index (χ0) is 10.1. The van der Waals surface area contributed by atoms with Crippen molar-refractivity contribution >= 4 is 23.4 Å². The third-order valence-electron chi connectivity index (χ3n) is 1.37. The van der Waals surface area contributed by atoms with Crippen molar-refractivity contribution in [3.05, 3.63) is 0 Å². The number of nitrogens with one attached hydrogen (secondary N) is 2. The van der Waals surface area contributed by atoms with E-state index < -0.39 is 0 Å². The summed E-state index contributed by atoms with van der Waals surface area (Å²) in [6.45, 7) is 3.01. The molecule has 0 spiro atoms. The molecular formula is C8H15ClN2O2. The van der Waals surface area contributed by atoms with E-state index in [1.165, 1.54) is 0 Å². The lowest BCUT2D eigenvalue weighted by Gasteiger charge is -2.03. The standard InChI is InChI=1S/C8H15ClN2O2/c1-2-4-10-7(12)3-5-11-8(13)6-9/h2-6H2,1H3,(H,10,12)(H,11,13). The highest BCUT2D eigenvalue weighted by Gasteiger charge is 2.01. The first-order chi connectivity index (χ1) is 6.20. The van der Waals surface area contributed by atoms with E-state index in [1.54, 1.807) is 0 Å². The van der Waals surface area contributed by atoms with Crippen LogP contribution >= 0.6 is 11.6 Å². The lowest BCUT2D eigenvalue weighted by atomic mass is 10.3. The van der Waals surface area contributed by atoms with E-state index >= 15 is 0 Å². The SMILES string of the molecule is CCCNC(=O)CCNC(=O)CCl. The second-order valence-corrected chi connectivity index (χ2v) is 2.85. The summed E-state index contributed by atoms with van der Waals surface area (Å²) in [5.74, 6) is -0.349. The highest BCUT2D eigenvalue weighted by molar-refractivity contribution is 6.27. The Hall–Kier alpha value is -0.770. The molecule has 0 fully saturated rings. The minimum Gasteiger partial charge on any atom is -0.356 e. The number of hydrogen-bond acceptors (Lipinski definition) is 2. The van der Waals surface area contributed by atoms with Crippen molar-refractivity contribution in [3.63, 3.8) is 0 Å². The molecule has 2 N–H and O–H groups in total. The van der Waals surface area contributed by atoms with Crippen LogP contribution < -0.4 is 10.6 Å². The fourth-order valence-corrected chi connectivity index (χ4v) is 0.810. The van der Waals surface area contributed by atoms with E-state index in [0.717, 1.165) is 6.42 Å². The molecule has 0 radical (unpaired) electrons. The topological polar surface area (TPSA) is 58.2 Å². The molecule has 2 amide bonds. The Balaban J connectivity index is 3.31. The predicted molar refractivity (Wildman–Crippen MR) is 51.6 cm³/mol. The van der Waals surface area contributed by atoms with Crippen LogP contribution in [0.25, 0.3) is 0 Å². The molecule has 13 heavy (non-hydrogen) atoms. The second kappa shape index (κ2) is 7.86. The highest BCUT2D eigenvalue weighted by atomic mass is 35.5. The lowest BCUT2D eigenvalue weighted by molar-refractivity contribution is -0.121. The third-order valence-corrected chi connectivity index (χ3v) is 1.61. The molecule has 0 unspecified atom stereocenters. The van der Waals surface area contributed by atoms with Gasteiger partial charge in [0, 0.05) is 19.5 Å². The molecule has 76 valence electrons. The smallest absolute Gasteiger partial charge is 0.234 e. The summed E-state index contributed by atoms with van der Waals surface area (Å²) in [4.78, 5) is 21.6. The van der Waals surface area contributed by atoms with E-state index in [2.05, 4.69) is 10.6 Å². The maximum absolute atomic E-state index is 11.0. The summed E-state index contributed by atoms with van der Waals surface area (Å²) in [6, 6.07) is 0. The Labute approximate surface area is 83.0 Å². The van der Waals surface area contributed by atoms with E-state index in [1.807, 2.05) is 6.92 Å². The fourth-order valence-electron chi connectivity index (χ4n) is 0.716. The van der Waals surface area contributed by atoms with E-state index in [4.69, 9.17) is 11.6 Å². The molecule has 0 heterocycles. The van der Waals surface area contributed by atoms with Crippen molar-refractivity contribution in [3.8, 4) is 0 Å². The van der Waals surface area contributed by atoms with E-state index in [9.17, 15) is 9.59 Å². The van der Waals surface area contributed by atoms with Crippen molar-refractivity contribution in [2.75, 3.05) is 19.0 Å². The Morgan fingerprint density at radius 1 is 1.15 bits per heavy atom. The first kappa shape index (κ1) is 12.2. The van der Waals surface area contributed by atoms with Gasteiger partial charge in [-0.3, -0.25) is 9.59 Å². The summed E-state index contributed by atoms with van der Waals surface area (Å²) in [5.41, 5.74) is 0. The van der Waals surface area contributed by atoms with Gasteiger partial charge in [0.2, 0.25) is 11.8 Å². The van der Waals surface area contributed by atoms with Crippen molar-refractivity contribution in [1.82, 2.24) is 10.6 Å². The van der Waals surface area contributed by atoms with Crippen LogP contribution in [0.4, 0.5) is 0 Å². The second-order valence-electron chi connectivity index (χ2n) is 2.58. The summed E-state index contributed by atoms with van der Waals surface area (Å²) in [6.07, 6.45) is 1.22. The Bertz CT molecular complexity index is 174. The van der Waals surface area contributed by atoms with Gasteiger partial charge in [-0.05, 0) is 6.42 Å². The van der Waals surface area contributed by atoms with Crippen LogP contribution in [0.1, 0.15) is 19.8 Å². The molecule has 0 bridgehead atoms. The monoisotopic (exact) mass is 206 g/mol. The fraction of sp³-hybridized carbons (Fsp3) is 0.750. The number of carbonyl (C=O) groups excluding carboxylic acids is 2. The Morgan fingerprint density at radius 3 is 2.31 bits per heavy atom. The number of rotatable bonds is 6. The predicted octanol–water partition coefficient (Wildman–Crippen LogP) is 0.258. The van der Waals surface area contributed by atoms with Crippen molar-refractivity contribution in [1.29, 1.82) is 0 Å². The molecule has 4 nitrogen and oxygen atoms in total. The van der Waals surface area contributed by atoms with Gasteiger partial charge in [0.05, 0.1) is 0 Å². The van der Waals surface area contributed by atoms with Crippen molar-refractivity contribution in [2.24, 2.45) is 0 Å². The zero-order valence-electron chi connectivity index (χ0n) is 7.73. The molecule has 0 aliphatic rings. The van der Waals surface area contributed by atoms with E-state index in [-0.39, 0.29) is 17.7 Å². The minimum absolute atomic E-state index is 0.0447. The van der Waals surface area contributed by atoms with E-state index in [0.29, 0.717) is 19.5 Å². The number of hydrogen-bond donors (Lipinski definition) is 2. The van der Waals surface area contributed by atoms with Crippen LogP contribution in [0.3, 0.4) is 0 Å². The Kier molecular flexibility index (Phi) is 7.39. The van der Waals surface area contributed by atoms with Crippen molar-refractivity contribution < 1.29 is 9.59 Å². The summed E-state index contributed by atoms with van der Waals surface area (Å²) in [5, 5.41) is 5.21. The summed E-state index contributed by atoms with van der Waals surface area (Å²) < 4.78 is 0. The van der Waals surface area contributed by atoms with Gasteiger partial charge in [-0.2, -0.15) is 0 Å². The maximum atomic E-state index is 11.0. The normalized spacial score (nSPS) is 9.38. The molecule has 0 rings (SSSR count). The molecule has 5 heteroatoms. The molecule has 0 saturated carbocycles. The van der Waals surface area contributed by atoms with Crippen LogP contribution in [0, 0.1) is 0 Å². The summed E-state index contributed by atoms with van der Waals surface area (Å²) in [7, 11) is 0. The van der Waals surface area contributed by atoms with Crippen molar-refractivity contribution in [2.45, 2.75) is 19.8 Å². The molecule has 0 aromatic rings. The third kappa shape index (κ3) is 7.59. The average Bonchev–Trinajstić information content (AvgIpc) is 2.14. The number of amides is 2. The molecular weight excluding hydrogens is 192 g/mol. The zero-order valence-corrected chi connectivity index (χ0v) is 8.49. The molecule has 0 aromatic heterocycles. The molecule has 0 aliphatic carbocycles. The van der Waals surface area contributed by atoms with Gasteiger partial charge in [-0.1, -0.05) is 6.92 Å². The van der Waals surface area contributed by atoms with Crippen LogP contribution in [-0.4, -0.2) is 30.8 Å². The molecule has 0 aromatic carbocycles. The number of halogens is 1. The number of alkyl halides is 1. The molecule has 0 aliphatic heterocycles. The lowest BCUT2D eigenvalue weighted by Crippen LogP contribution is -2.31. The largest absolute Gasteiger partial charge is 0.356 e. The molecule has 0 saturated heterocycles. The average molecular weight is 207 g/mol. The quantitative estimate of drug-likeness (QED) is 0.613.